The van der Waals surface area contributed by atoms with Crippen LogP contribution in [0.5, 0.6) is 0 Å². The van der Waals surface area contributed by atoms with Gasteiger partial charge in [0.2, 0.25) is 0 Å². The van der Waals surface area contributed by atoms with Crippen LogP contribution in [0.2, 0.25) is 0 Å². The molecule has 0 unspecified atom stereocenters. The van der Waals surface area contributed by atoms with Crippen molar-refractivity contribution in [2.45, 2.75) is 0 Å². The van der Waals surface area contributed by atoms with E-state index in [2.05, 4.69) is 46.5 Å². The summed E-state index contributed by atoms with van der Waals surface area (Å²) < 4.78 is 6.26. The topological polar surface area (TPSA) is 58.6 Å². The molecule has 0 spiro atoms. The van der Waals surface area contributed by atoms with Gasteiger partial charge in [0, 0.05) is 23.0 Å². The lowest BCUT2D eigenvalue weighted by Gasteiger charge is -2.08. The molecule has 0 aliphatic rings. The Morgan fingerprint density at radius 2 is 1.26 bits per heavy atom. The van der Waals surface area contributed by atoms with Gasteiger partial charge in [-0.15, -0.1) is 0 Å². The maximum absolute atomic E-state index is 9.67. The fourth-order valence-corrected chi connectivity index (χ4v) is 4.26. The predicted octanol–water partition coefficient (Wildman–Crippen LogP) is 7.27. The van der Waals surface area contributed by atoms with Crippen molar-refractivity contribution in [3.05, 3.63) is 121 Å². The molecule has 4 nitrogen and oxygen atoms in total. The van der Waals surface area contributed by atoms with Crippen LogP contribution in [-0.4, -0.2) is 10.2 Å². The van der Waals surface area contributed by atoms with Gasteiger partial charge in [-0.25, -0.2) is 0 Å². The first-order valence-electron chi connectivity index (χ1n) is 11.1. The number of aromatic nitrogens is 1. The Morgan fingerprint density at radius 1 is 0.618 bits per heavy atom. The first-order chi connectivity index (χ1) is 16.8. The lowest BCUT2D eigenvalue weighted by atomic mass is 9.99. The van der Waals surface area contributed by atoms with Gasteiger partial charge in [0.15, 0.2) is 5.76 Å². The maximum Gasteiger partial charge on any atom is 0.155 e. The van der Waals surface area contributed by atoms with E-state index >= 15 is 0 Å². The van der Waals surface area contributed by atoms with Crippen LogP contribution < -0.4 is 5.36 Å². The normalized spacial score (nSPS) is 11.8. The highest BCUT2D eigenvalue weighted by atomic mass is 16.4. The van der Waals surface area contributed by atoms with Crippen molar-refractivity contribution in [3.63, 3.8) is 0 Å². The summed E-state index contributed by atoms with van der Waals surface area (Å²) in [5.41, 5.74) is 5.76. The van der Waals surface area contributed by atoms with Gasteiger partial charge in [0.25, 0.3) is 0 Å². The van der Waals surface area contributed by atoms with Crippen molar-refractivity contribution in [1.29, 1.82) is 0 Å². The summed E-state index contributed by atoms with van der Waals surface area (Å²) in [5.74, 6) is 0.544. The van der Waals surface area contributed by atoms with Crippen molar-refractivity contribution < 1.29 is 9.62 Å². The van der Waals surface area contributed by atoms with Crippen LogP contribution in [0, 0.1) is 0 Å². The molecule has 0 fully saturated rings. The van der Waals surface area contributed by atoms with E-state index < -0.39 is 0 Å². The third kappa shape index (κ3) is 3.61. The zero-order valence-electron chi connectivity index (χ0n) is 18.2. The Morgan fingerprint density at radius 3 is 2.03 bits per heavy atom. The van der Waals surface area contributed by atoms with Gasteiger partial charge in [0.05, 0.1) is 0 Å². The van der Waals surface area contributed by atoms with Crippen LogP contribution in [-0.2, 0) is 0 Å². The summed E-state index contributed by atoms with van der Waals surface area (Å²) in [6.07, 6.45) is 1.82. The molecule has 0 saturated carbocycles. The van der Waals surface area contributed by atoms with Crippen molar-refractivity contribution in [2.75, 3.05) is 0 Å². The maximum atomic E-state index is 9.67. The summed E-state index contributed by atoms with van der Waals surface area (Å²) in [6.45, 7) is 0. The van der Waals surface area contributed by atoms with E-state index in [1.807, 2.05) is 72.9 Å². The van der Waals surface area contributed by atoms with Gasteiger partial charge in [-0.3, -0.25) is 4.98 Å². The standard InChI is InChI=1S/C30H20N2O2/c33-32-27-18-30(28-16-23-8-4-5-9-25(23)19-31-28)34-29-17-24(14-15-26(27)29)22-12-10-21(11-13-22)20-6-2-1-3-7-20/h1-19,33H/b32-27-. The third-order valence-corrected chi connectivity index (χ3v) is 6.06. The Kier molecular flexibility index (Phi) is 4.89. The predicted molar refractivity (Wildman–Crippen MR) is 135 cm³/mol. The highest BCUT2D eigenvalue weighted by molar-refractivity contribution is 5.87. The minimum Gasteiger partial charge on any atom is -0.454 e. The number of hydrogen-bond donors (Lipinski definition) is 1. The van der Waals surface area contributed by atoms with Crippen molar-refractivity contribution in [1.82, 2.24) is 4.98 Å². The van der Waals surface area contributed by atoms with Crippen LogP contribution in [0.4, 0.5) is 0 Å². The number of benzene rings is 4. The van der Waals surface area contributed by atoms with E-state index in [0.717, 1.165) is 27.3 Å². The molecule has 6 aromatic rings. The molecule has 0 aliphatic carbocycles. The molecule has 2 aromatic heterocycles. The molecule has 1 N–H and O–H groups in total. The molecule has 0 amide bonds. The third-order valence-electron chi connectivity index (χ3n) is 6.06. The van der Waals surface area contributed by atoms with Gasteiger partial charge >= 0.3 is 0 Å². The monoisotopic (exact) mass is 440 g/mol. The van der Waals surface area contributed by atoms with E-state index in [1.165, 1.54) is 11.1 Å². The number of rotatable bonds is 3. The zero-order valence-corrected chi connectivity index (χ0v) is 18.2. The summed E-state index contributed by atoms with van der Waals surface area (Å²) in [7, 11) is 0. The Balaban J connectivity index is 1.44. The Hall–Kier alpha value is -4.70. The molecule has 4 heteroatoms. The molecule has 0 saturated heterocycles. The second kappa shape index (κ2) is 8.34. The van der Waals surface area contributed by atoms with Crippen molar-refractivity contribution in [3.8, 4) is 33.7 Å². The van der Waals surface area contributed by atoms with Crippen LogP contribution in [0.15, 0.2) is 125 Å². The number of fused-ring (bicyclic) bond motifs is 2. The highest BCUT2D eigenvalue weighted by Crippen LogP contribution is 2.29. The molecule has 0 radical (unpaired) electrons. The second-order valence-corrected chi connectivity index (χ2v) is 8.17. The van der Waals surface area contributed by atoms with E-state index in [0.29, 0.717) is 22.4 Å². The van der Waals surface area contributed by atoms with Gasteiger partial charge in [0.1, 0.15) is 16.6 Å². The number of nitrogens with zero attached hydrogens (tertiary/aromatic N) is 2. The van der Waals surface area contributed by atoms with Gasteiger partial charge in [-0.1, -0.05) is 90.1 Å². The minimum atomic E-state index is 0.442. The molecular formula is C30H20N2O2. The molecule has 4 aromatic carbocycles. The SMILES string of the molecule is O/N=c1/cc(-c2cc3ccccc3cn2)oc2cc(-c3ccc(-c4ccccc4)cc3)ccc12. The first kappa shape index (κ1) is 19.9. The summed E-state index contributed by atoms with van der Waals surface area (Å²) in [5, 5.41) is 16.5. The Labute approximate surface area is 196 Å². The minimum absolute atomic E-state index is 0.442. The fraction of sp³-hybridized carbons (Fsp3) is 0. The molecule has 6 rings (SSSR count). The second-order valence-electron chi connectivity index (χ2n) is 8.17. The van der Waals surface area contributed by atoms with Crippen LogP contribution in [0.25, 0.3) is 55.4 Å². The molecule has 162 valence electrons. The lowest BCUT2D eigenvalue weighted by molar-refractivity contribution is 0.302. The molecule has 0 atom stereocenters. The Bertz CT molecular complexity index is 1700. The summed E-state index contributed by atoms with van der Waals surface area (Å²) in [4.78, 5) is 4.56. The number of pyridine rings is 1. The van der Waals surface area contributed by atoms with Gasteiger partial charge in [-0.05, 0) is 45.8 Å². The highest BCUT2D eigenvalue weighted by Gasteiger charge is 2.10. The molecule has 2 heterocycles. The molecule has 0 bridgehead atoms. The van der Waals surface area contributed by atoms with Crippen LogP contribution in [0.1, 0.15) is 0 Å². The lowest BCUT2D eigenvalue weighted by Crippen LogP contribution is -2.03. The van der Waals surface area contributed by atoms with E-state index in [-0.39, 0.29) is 0 Å². The van der Waals surface area contributed by atoms with Crippen LogP contribution >= 0.6 is 0 Å². The average molecular weight is 441 g/mol. The van der Waals surface area contributed by atoms with E-state index in [9.17, 15) is 5.21 Å². The fourth-order valence-electron chi connectivity index (χ4n) is 4.26. The average Bonchev–Trinajstić information content (AvgIpc) is 2.92. The number of hydrogen-bond acceptors (Lipinski definition) is 4. The molecule has 0 aliphatic heterocycles. The summed E-state index contributed by atoms with van der Waals surface area (Å²) >= 11 is 0. The van der Waals surface area contributed by atoms with Crippen molar-refractivity contribution in [2.24, 2.45) is 5.16 Å². The van der Waals surface area contributed by atoms with E-state index in [1.54, 1.807) is 6.07 Å². The molecule has 34 heavy (non-hydrogen) atoms. The van der Waals surface area contributed by atoms with Gasteiger partial charge < -0.3 is 9.62 Å². The summed E-state index contributed by atoms with van der Waals surface area (Å²) in [6, 6.07) is 36.4. The van der Waals surface area contributed by atoms with E-state index in [4.69, 9.17) is 4.42 Å². The van der Waals surface area contributed by atoms with Crippen LogP contribution in [0.3, 0.4) is 0 Å². The quantitative estimate of drug-likeness (QED) is 0.232. The smallest absolute Gasteiger partial charge is 0.155 e. The zero-order chi connectivity index (χ0) is 22.9. The first-order valence-corrected chi connectivity index (χ1v) is 11.1. The largest absolute Gasteiger partial charge is 0.454 e. The van der Waals surface area contributed by atoms with Crippen molar-refractivity contribution >= 4 is 21.7 Å². The molecular weight excluding hydrogens is 420 g/mol. The van der Waals surface area contributed by atoms with Gasteiger partial charge in [-0.2, -0.15) is 0 Å².